The van der Waals surface area contributed by atoms with Crippen molar-refractivity contribution in [3.8, 4) is 11.5 Å². The van der Waals surface area contributed by atoms with Crippen molar-refractivity contribution >= 4 is 39.1 Å². The highest BCUT2D eigenvalue weighted by Crippen LogP contribution is 2.44. The van der Waals surface area contributed by atoms with E-state index >= 15 is 0 Å². The number of benzene rings is 2. The molecule has 8 heteroatoms. The summed E-state index contributed by atoms with van der Waals surface area (Å²) < 4.78 is 17.6. The van der Waals surface area contributed by atoms with E-state index in [1.165, 1.54) is 11.2 Å². The lowest BCUT2D eigenvalue weighted by molar-refractivity contribution is -0.132. The molecule has 1 aromatic heterocycles. The van der Waals surface area contributed by atoms with Crippen molar-refractivity contribution in [1.29, 1.82) is 0 Å². The Hall–Kier alpha value is -3.52. The Bertz CT molecular complexity index is 1200. The summed E-state index contributed by atoms with van der Waals surface area (Å²) >= 11 is 3.35. The van der Waals surface area contributed by atoms with Crippen LogP contribution in [0.15, 0.2) is 75.3 Å². The number of ketones is 1. The molecule has 5 rings (SSSR count). The Balaban J connectivity index is 1.67. The van der Waals surface area contributed by atoms with Gasteiger partial charge >= 0.3 is 0 Å². The van der Waals surface area contributed by atoms with Crippen LogP contribution in [0, 0.1) is 0 Å². The highest BCUT2D eigenvalue weighted by atomic mass is 79.9. The summed E-state index contributed by atoms with van der Waals surface area (Å²) in [4.78, 5) is 27.4. The van der Waals surface area contributed by atoms with E-state index < -0.39 is 17.7 Å². The van der Waals surface area contributed by atoms with E-state index in [9.17, 15) is 14.7 Å². The number of Topliss-reactive ketones (excluding diaryl/α,β-unsaturated/α-hetero) is 1. The fourth-order valence-corrected chi connectivity index (χ4v) is 4.02. The number of hydrogen-bond donors (Lipinski definition) is 1. The summed E-state index contributed by atoms with van der Waals surface area (Å²) in [7, 11) is 0. The third-order valence-electron chi connectivity index (χ3n) is 5.18. The molecule has 1 fully saturated rings. The average Bonchev–Trinajstić information content (AvgIpc) is 3.40. The van der Waals surface area contributed by atoms with E-state index in [1.54, 1.807) is 54.6 Å². The van der Waals surface area contributed by atoms with E-state index in [2.05, 4.69) is 15.9 Å². The minimum atomic E-state index is -0.929. The quantitative estimate of drug-likeness (QED) is 0.338. The second kappa shape index (κ2) is 7.63. The first-order valence-electron chi connectivity index (χ1n) is 9.54. The highest BCUT2D eigenvalue weighted by molar-refractivity contribution is 9.10. The van der Waals surface area contributed by atoms with Crippen molar-refractivity contribution in [2.24, 2.45) is 0 Å². The molecule has 0 spiro atoms. The Labute approximate surface area is 185 Å². The molecule has 1 unspecified atom stereocenters. The fraction of sp³-hybridized carbons (Fsp3) is 0.130. The van der Waals surface area contributed by atoms with Crippen LogP contribution in [-0.4, -0.2) is 30.0 Å². The number of amides is 1. The molecule has 3 heterocycles. The third-order valence-corrected chi connectivity index (χ3v) is 5.71. The largest absolute Gasteiger partial charge is 0.507 e. The predicted molar refractivity (Wildman–Crippen MR) is 115 cm³/mol. The molecule has 2 aliphatic rings. The molecule has 1 amide bonds. The molecule has 3 aromatic rings. The number of ether oxygens (including phenoxy) is 2. The number of halogens is 1. The van der Waals surface area contributed by atoms with Gasteiger partial charge in [-0.15, -0.1) is 0 Å². The Kier molecular flexibility index (Phi) is 4.78. The van der Waals surface area contributed by atoms with Crippen LogP contribution in [0.3, 0.4) is 0 Å². The van der Waals surface area contributed by atoms with Gasteiger partial charge in [0.25, 0.3) is 11.7 Å². The number of aliphatic hydroxyl groups is 1. The lowest BCUT2D eigenvalue weighted by Crippen LogP contribution is -2.29. The number of nitrogens with zero attached hydrogens (tertiary/aromatic N) is 1. The molecule has 156 valence electrons. The lowest BCUT2D eigenvalue weighted by Gasteiger charge is -2.25. The zero-order chi connectivity index (χ0) is 21.5. The van der Waals surface area contributed by atoms with E-state index in [0.29, 0.717) is 41.7 Å². The summed E-state index contributed by atoms with van der Waals surface area (Å²) in [5.41, 5.74) is 0.805. The van der Waals surface area contributed by atoms with Gasteiger partial charge < -0.3 is 19.0 Å². The number of hydrogen-bond acceptors (Lipinski definition) is 6. The van der Waals surface area contributed by atoms with Crippen LogP contribution in [-0.2, 0) is 9.59 Å². The summed E-state index contributed by atoms with van der Waals surface area (Å²) in [6, 6.07) is 14.2. The molecule has 1 N–H and O–H groups in total. The van der Waals surface area contributed by atoms with E-state index in [-0.39, 0.29) is 11.3 Å². The van der Waals surface area contributed by atoms with Gasteiger partial charge in [0.2, 0.25) is 0 Å². The summed E-state index contributed by atoms with van der Waals surface area (Å²) in [6.07, 6.45) is 1.46. The number of rotatable bonds is 3. The monoisotopic (exact) mass is 481 g/mol. The van der Waals surface area contributed by atoms with Crippen LogP contribution in [0.25, 0.3) is 5.76 Å². The zero-order valence-electron chi connectivity index (χ0n) is 16.1. The minimum absolute atomic E-state index is 0.0443. The number of carbonyl (C=O) groups is 2. The lowest BCUT2D eigenvalue weighted by atomic mass is 9.99. The smallest absolute Gasteiger partial charge is 0.300 e. The van der Waals surface area contributed by atoms with Crippen LogP contribution < -0.4 is 14.4 Å². The fourth-order valence-electron chi connectivity index (χ4n) is 3.76. The van der Waals surface area contributed by atoms with Crippen LogP contribution in [0.4, 0.5) is 5.69 Å². The molecular weight excluding hydrogens is 466 g/mol. The first-order valence-corrected chi connectivity index (χ1v) is 10.3. The van der Waals surface area contributed by atoms with Gasteiger partial charge in [-0.2, -0.15) is 0 Å². The average molecular weight is 482 g/mol. The maximum atomic E-state index is 13.1. The summed E-state index contributed by atoms with van der Waals surface area (Å²) in [6.45, 7) is 0.830. The van der Waals surface area contributed by atoms with Gasteiger partial charge in [-0.1, -0.05) is 28.1 Å². The number of fused-ring (bicyclic) bond motifs is 1. The van der Waals surface area contributed by atoms with Crippen molar-refractivity contribution in [3.63, 3.8) is 0 Å². The predicted octanol–water partition coefficient (Wildman–Crippen LogP) is 4.44. The van der Waals surface area contributed by atoms with Crippen molar-refractivity contribution in [1.82, 2.24) is 0 Å². The van der Waals surface area contributed by atoms with Crippen molar-refractivity contribution in [2.75, 3.05) is 18.1 Å². The molecule has 1 saturated heterocycles. The summed E-state index contributed by atoms with van der Waals surface area (Å²) in [5.74, 6) is -0.429. The van der Waals surface area contributed by atoms with Gasteiger partial charge in [-0.3, -0.25) is 14.5 Å². The molecule has 0 bridgehead atoms. The minimum Gasteiger partial charge on any atom is -0.507 e. The van der Waals surface area contributed by atoms with Gasteiger partial charge in [0, 0.05) is 21.8 Å². The van der Waals surface area contributed by atoms with Crippen LogP contribution >= 0.6 is 15.9 Å². The molecule has 0 saturated carbocycles. The van der Waals surface area contributed by atoms with Gasteiger partial charge in [0.05, 0.1) is 11.8 Å². The Morgan fingerprint density at radius 3 is 2.45 bits per heavy atom. The molecule has 7 nitrogen and oxygen atoms in total. The molecule has 0 radical (unpaired) electrons. The van der Waals surface area contributed by atoms with E-state index in [4.69, 9.17) is 13.9 Å². The molecule has 2 aliphatic heterocycles. The van der Waals surface area contributed by atoms with Gasteiger partial charge in [-0.05, 0) is 36.4 Å². The second-order valence-corrected chi connectivity index (χ2v) is 7.94. The Morgan fingerprint density at radius 2 is 1.74 bits per heavy atom. The van der Waals surface area contributed by atoms with E-state index in [0.717, 1.165) is 4.47 Å². The van der Waals surface area contributed by atoms with Crippen molar-refractivity contribution < 1.29 is 28.6 Å². The number of aliphatic hydroxyl groups excluding tert-OH is 1. The number of carbonyl (C=O) groups excluding carboxylic acids is 2. The number of furan rings is 1. The highest BCUT2D eigenvalue weighted by Gasteiger charge is 2.48. The topological polar surface area (TPSA) is 89.2 Å². The first-order chi connectivity index (χ1) is 15.0. The van der Waals surface area contributed by atoms with Crippen LogP contribution in [0.5, 0.6) is 11.5 Å². The first kappa shape index (κ1) is 19.4. The standard InChI is InChI=1S/C23H16BrNO6/c24-14-5-3-13(4-6-14)21(26)19-20(17-2-1-9-29-17)25(23(28)22(19)27)15-7-8-16-18(12-15)31-11-10-30-16/h1-9,12,20,26H,10-11H2/b21-19-. The molecule has 1 atom stereocenters. The molecular formula is C23H16BrNO6. The van der Waals surface area contributed by atoms with Gasteiger partial charge in [-0.25, -0.2) is 0 Å². The van der Waals surface area contributed by atoms with Gasteiger partial charge in [0.1, 0.15) is 30.8 Å². The number of anilines is 1. The SMILES string of the molecule is O=C1C(=O)N(c2ccc3c(c2)OCCO3)C(c2ccco2)/C1=C(/O)c1ccc(Br)cc1. The zero-order valence-corrected chi connectivity index (χ0v) is 17.7. The van der Waals surface area contributed by atoms with E-state index in [1.807, 2.05) is 0 Å². The van der Waals surface area contributed by atoms with Crippen molar-refractivity contribution in [3.05, 3.63) is 82.2 Å². The normalized spacial score (nSPS) is 19.6. The molecule has 2 aromatic carbocycles. The Morgan fingerprint density at radius 1 is 1.00 bits per heavy atom. The van der Waals surface area contributed by atoms with Crippen molar-refractivity contribution in [2.45, 2.75) is 6.04 Å². The second-order valence-electron chi connectivity index (χ2n) is 7.02. The summed E-state index contributed by atoms with van der Waals surface area (Å²) in [5, 5.41) is 11.0. The molecule has 0 aliphatic carbocycles. The maximum absolute atomic E-state index is 13.1. The van der Waals surface area contributed by atoms with Crippen LogP contribution in [0.1, 0.15) is 17.4 Å². The van der Waals surface area contributed by atoms with Crippen LogP contribution in [0.2, 0.25) is 0 Å². The molecule has 31 heavy (non-hydrogen) atoms. The maximum Gasteiger partial charge on any atom is 0.300 e. The third kappa shape index (κ3) is 3.29. The van der Waals surface area contributed by atoms with Gasteiger partial charge in [0.15, 0.2) is 11.5 Å².